The van der Waals surface area contributed by atoms with Crippen molar-refractivity contribution >= 4 is 18.0 Å². The molecular weight excluding hydrogens is 448 g/mol. The molecule has 2 amide bonds. The van der Waals surface area contributed by atoms with Gasteiger partial charge in [0.05, 0.1) is 6.33 Å². The molecule has 2 atom stereocenters. The number of nitrogens with one attached hydrogen (secondary N) is 3. The molecule has 9 heteroatoms. The van der Waals surface area contributed by atoms with Crippen molar-refractivity contribution in [3.8, 4) is 11.1 Å². The van der Waals surface area contributed by atoms with Crippen LogP contribution in [0, 0.1) is 0 Å². The molecule has 0 bridgehead atoms. The Morgan fingerprint density at radius 2 is 1.69 bits per heavy atom. The Labute approximate surface area is 202 Å². The van der Waals surface area contributed by atoms with Crippen molar-refractivity contribution < 1.29 is 24.2 Å². The Balaban J connectivity index is 1.38. The number of hydrogen-bond donors (Lipinski definition) is 4. The van der Waals surface area contributed by atoms with Crippen LogP contribution in [0.3, 0.4) is 0 Å². The molecule has 0 aliphatic heterocycles. The number of H-pyrrole nitrogens is 1. The molecule has 0 radical (unpaired) electrons. The third-order valence-electron chi connectivity index (χ3n) is 6.12. The highest BCUT2D eigenvalue weighted by Gasteiger charge is 2.30. The van der Waals surface area contributed by atoms with Gasteiger partial charge >= 0.3 is 12.1 Å². The van der Waals surface area contributed by atoms with Crippen molar-refractivity contribution in [1.29, 1.82) is 0 Å². The van der Waals surface area contributed by atoms with E-state index in [9.17, 15) is 19.5 Å². The molecule has 1 aliphatic carbocycles. The lowest BCUT2D eigenvalue weighted by atomic mass is 9.98. The van der Waals surface area contributed by atoms with Gasteiger partial charge in [0.15, 0.2) is 0 Å². The van der Waals surface area contributed by atoms with Crippen molar-refractivity contribution in [3.05, 3.63) is 77.9 Å². The summed E-state index contributed by atoms with van der Waals surface area (Å²) in [6, 6.07) is 14.0. The number of rotatable bonds is 10. The van der Waals surface area contributed by atoms with Gasteiger partial charge in [-0.3, -0.25) is 4.79 Å². The number of aromatic nitrogens is 2. The molecule has 2 aromatic carbocycles. The lowest BCUT2D eigenvalue weighted by Gasteiger charge is -2.21. The highest BCUT2D eigenvalue weighted by molar-refractivity contribution is 5.89. The van der Waals surface area contributed by atoms with Crippen LogP contribution in [0.4, 0.5) is 4.79 Å². The monoisotopic (exact) mass is 476 g/mol. The van der Waals surface area contributed by atoms with Gasteiger partial charge in [0.25, 0.3) is 0 Å². The van der Waals surface area contributed by atoms with Gasteiger partial charge < -0.3 is 25.5 Å². The Kier molecular flexibility index (Phi) is 7.45. The summed E-state index contributed by atoms with van der Waals surface area (Å²) in [5, 5.41) is 14.6. The number of fused-ring (bicyclic) bond motifs is 3. The highest BCUT2D eigenvalue weighted by atomic mass is 16.5. The lowest BCUT2D eigenvalue weighted by Crippen LogP contribution is -2.52. The highest BCUT2D eigenvalue weighted by Crippen LogP contribution is 2.44. The van der Waals surface area contributed by atoms with E-state index in [0.29, 0.717) is 18.5 Å². The fourth-order valence-corrected chi connectivity index (χ4v) is 4.43. The van der Waals surface area contributed by atoms with Gasteiger partial charge in [-0.2, -0.15) is 0 Å². The quantitative estimate of drug-likeness (QED) is 0.355. The molecule has 0 fully saturated rings. The largest absolute Gasteiger partial charge is 0.480 e. The zero-order valence-electron chi connectivity index (χ0n) is 19.4. The Morgan fingerprint density at radius 1 is 1.03 bits per heavy atom. The third kappa shape index (κ3) is 5.51. The molecule has 4 N–H and O–H groups in total. The summed E-state index contributed by atoms with van der Waals surface area (Å²) in [7, 11) is 0. The number of carboxylic acids is 1. The van der Waals surface area contributed by atoms with Gasteiger partial charge in [-0.15, -0.1) is 0 Å². The maximum absolute atomic E-state index is 12.8. The molecule has 1 heterocycles. The van der Waals surface area contributed by atoms with Gasteiger partial charge in [-0.05, 0) is 28.7 Å². The molecule has 1 aromatic heterocycles. The Morgan fingerprint density at radius 3 is 2.26 bits per heavy atom. The zero-order chi connectivity index (χ0) is 24.8. The molecule has 35 heavy (non-hydrogen) atoms. The van der Waals surface area contributed by atoms with Crippen LogP contribution < -0.4 is 10.6 Å². The zero-order valence-corrected chi connectivity index (χ0v) is 19.4. The van der Waals surface area contributed by atoms with Crippen LogP contribution in [0.15, 0.2) is 61.1 Å². The fraction of sp³-hybridized carbons (Fsp3) is 0.308. The number of carboxylic acid groups (broad SMARTS) is 1. The lowest BCUT2D eigenvalue weighted by molar-refractivity contribution is -0.142. The summed E-state index contributed by atoms with van der Waals surface area (Å²) >= 11 is 0. The molecule has 9 nitrogen and oxygen atoms in total. The van der Waals surface area contributed by atoms with Crippen molar-refractivity contribution in [2.45, 2.75) is 44.2 Å². The Bertz CT molecular complexity index is 1150. The number of carbonyl (C=O) groups excluding carboxylic acids is 2. The second-order valence-corrected chi connectivity index (χ2v) is 8.49. The van der Waals surface area contributed by atoms with Crippen LogP contribution >= 0.6 is 0 Å². The SMILES string of the molecule is CCCC(NC(=O)OCC1c2ccccc2-c2ccccc21)C(=O)NC(Cc1cnc[nH]1)C(=O)O. The predicted molar refractivity (Wildman–Crippen MR) is 129 cm³/mol. The van der Waals surface area contributed by atoms with E-state index in [0.717, 1.165) is 22.3 Å². The van der Waals surface area contributed by atoms with E-state index in [-0.39, 0.29) is 18.9 Å². The van der Waals surface area contributed by atoms with E-state index in [1.165, 1.54) is 12.5 Å². The van der Waals surface area contributed by atoms with Gasteiger partial charge in [0.1, 0.15) is 18.7 Å². The first-order valence-corrected chi connectivity index (χ1v) is 11.6. The standard InChI is InChI=1S/C26H28N4O5/c1-2-7-22(24(31)29-23(25(32)33)12-16-13-27-15-28-16)30-26(34)35-14-21-19-10-5-3-8-17(19)18-9-4-6-11-20(18)21/h3-6,8-11,13,15,21-23H,2,7,12,14H2,1H3,(H,27,28)(H,29,31)(H,30,34)(H,32,33). The van der Waals surface area contributed by atoms with Crippen molar-refractivity contribution in [1.82, 2.24) is 20.6 Å². The van der Waals surface area contributed by atoms with Gasteiger partial charge in [-0.25, -0.2) is 14.6 Å². The molecule has 2 unspecified atom stereocenters. The van der Waals surface area contributed by atoms with Gasteiger partial charge in [0.2, 0.25) is 5.91 Å². The minimum absolute atomic E-state index is 0.0465. The summed E-state index contributed by atoms with van der Waals surface area (Å²) in [5.41, 5.74) is 5.00. The van der Waals surface area contributed by atoms with E-state index in [1.807, 2.05) is 43.3 Å². The normalized spacial score (nSPS) is 13.9. The van der Waals surface area contributed by atoms with Gasteiger partial charge in [-0.1, -0.05) is 61.9 Å². The molecular formula is C26H28N4O5. The van der Waals surface area contributed by atoms with E-state index < -0.39 is 30.1 Å². The van der Waals surface area contributed by atoms with Gasteiger partial charge in [0, 0.05) is 24.2 Å². The molecule has 182 valence electrons. The molecule has 4 rings (SSSR count). The van der Waals surface area contributed by atoms with Crippen LogP contribution in [0.2, 0.25) is 0 Å². The number of alkyl carbamates (subject to hydrolysis) is 1. The maximum Gasteiger partial charge on any atom is 0.407 e. The first-order chi connectivity index (χ1) is 17.0. The fourth-order valence-electron chi connectivity index (χ4n) is 4.43. The van der Waals surface area contributed by atoms with E-state index in [1.54, 1.807) is 0 Å². The number of benzene rings is 2. The van der Waals surface area contributed by atoms with Crippen LogP contribution in [0.5, 0.6) is 0 Å². The minimum atomic E-state index is -1.18. The molecule has 3 aromatic rings. The maximum atomic E-state index is 12.8. The summed E-state index contributed by atoms with van der Waals surface area (Å²) < 4.78 is 5.54. The van der Waals surface area contributed by atoms with E-state index >= 15 is 0 Å². The number of amides is 2. The second-order valence-electron chi connectivity index (χ2n) is 8.49. The average molecular weight is 477 g/mol. The molecule has 0 saturated heterocycles. The Hall–Kier alpha value is -4.14. The van der Waals surface area contributed by atoms with Crippen molar-refractivity contribution in [2.24, 2.45) is 0 Å². The van der Waals surface area contributed by atoms with Crippen molar-refractivity contribution in [2.75, 3.05) is 6.61 Å². The summed E-state index contributed by atoms with van der Waals surface area (Å²) in [6.45, 7) is 2.00. The number of hydrogen-bond acceptors (Lipinski definition) is 5. The topological polar surface area (TPSA) is 133 Å². The average Bonchev–Trinajstić information content (AvgIpc) is 3.48. The summed E-state index contributed by atoms with van der Waals surface area (Å²) in [4.78, 5) is 43.8. The van der Waals surface area contributed by atoms with Crippen molar-refractivity contribution in [3.63, 3.8) is 0 Å². The van der Waals surface area contributed by atoms with Crippen LogP contribution in [0.25, 0.3) is 11.1 Å². The predicted octanol–water partition coefficient (Wildman–Crippen LogP) is 3.23. The number of aliphatic carboxylic acids is 1. The smallest absolute Gasteiger partial charge is 0.407 e. The number of carbonyl (C=O) groups is 3. The van der Waals surface area contributed by atoms with E-state index in [4.69, 9.17) is 4.74 Å². The second kappa shape index (κ2) is 10.9. The number of imidazole rings is 1. The van der Waals surface area contributed by atoms with E-state index in [2.05, 4.69) is 32.7 Å². The molecule has 0 spiro atoms. The van der Waals surface area contributed by atoms with Crippen LogP contribution in [-0.2, 0) is 20.7 Å². The minimum Gasteiger partial charge on any atom is -0.480 e. The number of aromatic amines is 1. The third-order valence-corrected chi connectivity index (χ3v) is 6.12. The molecule has 1 aliphatic rings. The number of ether oxygens (including phenoxy) is 1. The van der Waals surface area contributed by atoms with Crippen LogP contribution in [0.1, 0.15) is 42.5 Å². The van der Waals surface area contributed by atoms with Crippen LogP contribution in [-0.4, -0.2) is 51.7 Å². The first-order valence-electron chi connectivity index (χ1n) is 11.6. The summed E-state index contributed by atoms with van der Waals surface area (Å²) in [6.07, 6.45) is 3.22. The number of nitrogens with zero attached hydrogens (tertiary/aromatic N) is 1. The summed E-state index contributed by atoms with van der Waals surface area (Å²) in [5.74, 6) is -1.85. The first kappa shape index (κ1) is 24.0. The molecule has 0 saturated carbocycles.